The van der Waals surface area contributed by atoms with Crippen LogP contribution in [0.2, 0.25) is 5.02 Å². The Morgan fingerprint density at radius 3 is 2.90 bits per heavy atom. The van der Waals surface area contributed by atoms with Crippen LogP contribution in [0.3, 0.4) is 0 Å². The smallest absolute Gasteiger partial charge is 0.318 e. The number of nitrogens with zero attached hydrogens (tertiary/aromatic N) is 5. The van der Waals surface area contributed by atoms with Crippen molar-refractivity contribution in [3.8, 4) is 12.1 Å². The molecule has 0 amide bonds. The molecule has 1 aromatic carbocycles. The maximum absolute atomic E-state index is 15.7. The van der Waals surface area contributed by atoms with Crippen LogP contribution in [0.15, 0.2) is 6.07 Å². The zero-order valence-electron chi connectivity index (χ0n) is 23.8. The number of hydrogen-bond donors (Lipinski definition) is 1. The standard InChI is InChI=1S/C31H37ClF2N6O2/c32-23-12-24(36)27(34)26-21(23)5-1-8-31(26)14-25-22(17-42-31)28(39-9-2-4-19(15-35)6-11-39)38-29(37-25)41-18-30-7-3-10-40(30)16-20(33)13-30/h12,19-20H,1-11,13-14,16-18,36H2/t19-,20+,30-,31+/m0/s1. The number of alkyl halides is 1. The van der Waals surface area contributed by atoms with E-state index < -0.39 is 17.6 Å². The molecule has 0 bridgehead atoms. The Bertz CT molecular complexity index is 1440. The van der Waals surface area contributed by atoms with E-state index in [1.807, 2.05) is 0 Å². The van der Waals surface area contributed by atoms with Crippen LogP contribution in [-0.2, 0) is 29.8 Å². The van der Waals surface area contributed by atoms with Crippen LogP contribution in [0.1, 0.15) is 73.8 Å². The van der Waals surface area contributed by atoms with Gasteiger partial charge in [0, 0.05) is 54.5 Å². The van der Waals surface area contributed by atoms with Crippen molar-refractivity contribution in [1.82, 2.24) is 14.9 Å². The van der Waals surface area contributed by atoms with Crippen molar-refractivity contribution >= 4 is 23.1 Å². The van der Waals surface area contributed by atoms with Gasteiger partial charge in [-0.05, 0) is 69.5 Å². The first kappa shape index (κ1) is 28.1. The molecular weight excluding hydrogens is 562 g/mol. The molecule has 2 aromatic rings. The van der Waals surface area contributed by atoms with Crippen LogP contribution in [0.4, 0.5) is 20.3 Å². The van der Waals surface area contributed by atoms with Crippen molar-refractivity contribution in [2.24, 2.45) is 5.92 Å². The van der Waals surface area contributed by atoms with Gasteiger partial charge in [0.25, 0.3) is 0 Å². The maximum Gasteiger partial charge on any atom is 0.318 e. The molecule has 0 unspecified atom stereocenters. The Hall–Kier alpha value is -2.74. The summed E-state index contributed by atoms with van der Waals surface area (Å²) < 4.78 is 43.1. The summed E-state index contributed by atoms with van der Waals surface area (Å²) >= 11 is 6.56. The number of fused-ring (bicyclic) bond motifs is 4. The summed E-state index contributed by atoms with van der Waals surface area (Å²) in [7, 11) is 0. The highest BCUT2D eigenvalue weighted by Gasteiger charge is 2.50. The highest BCUT2D eigenvalue weighted by molar-refractivity contribution is 6.31. The van der Waals surface area contributed by atoms with E-state index in [9.17, 15) is 9.65 Å². The lowest BCUT2D eigenvalue weighted by Crippen LogP contribution is -2.44. The van der Waals surface area contributed by atoms with Gasteiger partial charge in [-0.15, -0.1) is 0 Å². The summed E-state index contributed by atoms with van der Waals surface area (Å²) in [6.07, 6.45) is 6.44. The number of ether oxygens (including phenoxy) is 2. The van der Waals surface area contributed by atoms with Gasteiger partial charge in [-0.25, -0.2) is 8.78 Å². The average Bonchev–Trinajstić information content (AvgIpc) is 3.38. The van der Waals surface area contributed by atoms with E-state index in [0.29, 0.717) is 56.0 Å². The summed E-state index contributed by atoms with van der Waals surface area (Å²) in [5.74, 6) is 0.296. The van der Waals surface area contributed by atoms with E-state index in [4.69, 9.17) is 36.8 Å². The number of nitrogen functional groups attached to an aromatic ring is 1. The van der Waals surface area contributed by atoms with Crippen molar-refractivity contribution in [2.75, 3.05) is 43.4 Å². The van der Waals surface area contributed by atoms with E-state index in [1.54, 1.807) is 0 Å². The predicted octanol–water partition coefficient (Wildman–Crippen LogP) is 5.24. The second-order valence-corrected chi connectivity index (χ2v) is 13.2. The van der Waals surface area contributed by atoms with Gasteiger partial charge >= 0.3 is 6.01 Å². The van der Waals surface area contributed by atoms with E-state index in [1.165, 1.54) is 6.07 Å². The first-order valence-corrected chi connectivity index (χ1v) is 15.7. The minimum atomic E-state index is -0.939. The molecule has 1 aliphatic carbocycles. The Morgan fingerprint density at radius 1 is 1.17 bits per heavy atom. The molecule has 42 heavy (non-hydrogen) atoms. The van der Waals surface area contributed by atoms with Gasteiger partial charge in [0.15, 0.2) is 5.82 Å². The summed E-state index contributed by atoms with van der Waals surface area (Å²) in [6.45, 7) is 3.33. The van der Waals surface area contributed by atoms with Gasteiger partial charge in [-0.1, -0.05) is 11.6 Å². The molecule has 0 saturated carbocycles. The van der Waals surface area contributed by atoms with Gasteiger partial charge < -0.3 is 20.1 Å². The number of hydrogen-bond acceptors (Lipinski definition) is 8. The molecule has 1 spiro atoms. The minimum absolute atomic E-state index is 0.0153. The van der Waals surface area contributed by atoms with Gasteiger partial charge in [0.1, 0.15) is 24.2 Å². The lowest BCUT2D eigenvalue weighted by Gasteiger charge is -2.43. The van der Waals surface area contributed by atoms with Gasteiger partial charge in [-0.2, -0.15) is 15.2 Å². The summed E-state index contributed by atoms with van der Waals surface area (Å²) in [5, 5.41) is 10.0. The second-order valence-electron chi connectivity index (χ2n) is 12.8. The van der Waals surface area contributed by atoms with Crippen molar-refractivity contribution in [3.63, 3.8) is 0 Å². The molecule has 224 valence electrons. The molecule has 8 nitrogen and oxygen atoms in total. The highest BCUT2D eigenvalue weighted by Crippen LogP contribution is 2.49. The molecule has 0 radical (unpaired) electrons. The summed E-state index contributed by atoms with van der Waals surface area (Å²) in [4.78, 5) is 14.3. The SMILES string of the molecule is N#C[C@H]1CCCN(c2nc(OC[C@@]34CCCN3C[C@H](F)C4)nc3c2CO[C@]2(CCCc4c(Cl)cc(N)c(F)c42)C3)CC1. The summed E-state index contributed by atoms with van der Waals surface area (Å²) in [5.41, 5.74) is 7.62. The van der Waals surface area contributed by atoms with E-state index in [-0.39, 0.29) is 29.8 Å². The van der Waals surface area contributed by atoms with Crippen LogP contribution in [0, 0.1) is 23.1 Å². The van der Waals surface area contributed by atoms with E-state index in [0.717, 1.165) is 74.3 Å². The highest BCUT2D eigenvalue weighted by atomic mass is 35.5. The first-order valence-electron chi connectivity index (χ1n) is 15.3. The Balaban J connectivity index is 1.26. The monoisotopic (exact) mass is 598 g/mol. The fraction of sp³-hybridized carbons (Fsp3) is 0.645. The largest absolute Gasteiger partial charge is 0.461 e. The van der Waals surface area contributed by atoms with Crippen molar-refractivity contribution in [3.05, 3.63) is 39.3 Å². The summed E-state index contributed by atoms with van der Waals surface area (Å²) in [6, 6.07) is 4.17. The predicted molar refractivity (Wildman–Crippen MR) is 155 cm³/mol. The zero-order chi connectivity index (χ0) is 29.1. The van der Waals surface area contributed by atoms with Gasteiger partial charge in [-0.3, -0.25) is 4.90 Å². The third-order valence-corrected chi connectivity index (χ3v) is 10.6. The van der Waals surface area contributed by atoms with Crippen LogP contribution in [0.5, 0.6) is 6.01 Å². The zero-order valence-corrected chi connectivity index (χ0v) is 24.6. The number of halogens is 3. The van der Waals surface area contributed by atoms with Crippen LogP contribution in [0.25, 0.3) is 0 Å². The molecular formula is C31H37ClF2N6O2. The fourth-order valence-corrected chi connectivity index (χ4v) is 8.44. The van der Waals surface area contributed by atoms with E-state index >= 15 is 4.39 Å². The third-order valence-electron chi connectivity index (χ3n) is 10.2. The number of benzene rings is 1. The maximum atomic E-state index is 15.7. The van der Waals surface area contributed by atoms with Gasteiger partial charge in [0.2, 0.25) is 0 Å². The Labute approximate surface area is 250 Å². The molecule has 1 aromatic heterocycles. The van der Waals surface area contributed by atoms with Crippen molar-refractivity contribution < 1.29 is 18.3 Å². The lowest BCUT2D eigenvalue weighted by atomic mass is 9.74. The second kappa shape index (κ2) is 10.8. The molecule has 3 saturated heterocycles. The number of rotatable bonds is 4. The van der Waals surface area contributed by atoms with Crippen LogP contribution >= 0.6 is 11.6 Å². The van der Waals surface area contributed by atoms with Gasteiger partial charge in [0.05, 0.1) is 29.6 Å². The molecule has 7 rings (SSSR count). The fourth-order valence-electron chi connectivity index (χ4n) is 8.13. The molecule has 5 heterocycles. The molecule has 3 fully saturated rings. The quantitative estimate of drug-likeness (QED) is 0.477. The number of nitrogens with two attached hydrogens (primary N) is 1. The van der Waals surface area contributed by atoms with Crippen molar-refractivity contribution in [2.45, 2.75) is 88.1 Å². The minimum Gasteiger partial charge on any atom is -0.461 e. The molecule has 2 N–H and O–H groups in total. The average molecular weight is 599 g/mol. The van der Waals surface area contributed by atoms with Crippen molar-refractivity contribution in [1.29, 1.82) is 5.26 Å². The number of aromatic nitrogens is 2. The van der Waals surface area contributed by atoms with Crippen LogP contribution < -0.4 is 15.4 Å². The molecule has 4 aliphatic heterocycles. The van der Waals surface area contributed by atoms with Crippen LogP contribution in [-0.4, -0.2) is 59.4 Å². The molecule has 4 atom stereocenters. The lowest BCUT2D eigenvalue weighted by molar-refractivity contribution is -0.0876. The molecule has 5 aliphatic rings. The Morgan fingerprint density at radius 2 is 2.05 bits per heavy atom. The number of nitriles is 1. The normalized spacial score (nSPS) is 30.9. The van der Waals surface area contributed by atoms with E-state index in [2.05, 4.69) is 15.9 Å². The first-order chi connectivity index (χ1) is 20.3. The topological polar surface area (TPSA) is 101 Å². The molecule has 11 heteroatoms. The third kappa shape index (κ3) is 4.68. The Kier molecular flexibility index (Phi) is 7.19. The number of anilines is 2.